The molecule has 2 aromatic carbocycles. The molecule has 0 spiro atoms. The summed E-state index contributed by atoms with van der Waals surface area (Å²) in [7, 11) is 0. The van der Waals surface area contributed by atoms with Crippen LogP contribution < -0.4 is 5.32 Å². The number of carbonyl (C=O) groups is 2. The molecule has 174 valence electrons. The van der Waals surface area contributed by atoms with Crippen molar-refractivity contribution in [3.8, 4) is 11.4 Å². The van der Waals surface area contributed by atoms with Crippen molar-refractivity contribution < 1.29 is 9.59 Å². The van der Waals surface area contributed by atoms with E-state index >= 15 is 0 Å². The molecule has 0 atom stereocenters. The van der Waals surface area contributed by atoms with Gasteiger partial charge in [-0.1, -0.05) is 49.6 Å². The van der Waals surface area contributed by atoms with E-state index in [2.05, 4.69) is 15.3 Å². The summed E-state index contributed by atoms with van der Waals surface area (Å²) in [6.07, 6.45) is 6.22. The van der Waals surface area contributed by atoms with Gasteiger partial charge >= 0.3 is 0 Å². The number of benzene rings is 2. The maximum atomic E-state index is 12.9. The second-order valence-corrected chi connectivity index (χ2v) is 9.35. The molecule has 1 aliphatic carbocycles. The fraction of sp³-hybridized carbons (Fsp3) is 0.321. The van der Waals surface area contributed by atoms with E-state index in [4.69, 9.17) is 4.98 Å². The van der Waals surface area contributed by atoms with Crippen LogP contribution in [0.2, 0.25) is 0 Å². The summed E-state index contributed by atoms with van der Waals surface area (Å²) in [6, 6.07) is 14.8. The first-order chi connectivity index (χ1) is 16.5. The van der Waals surface area contributed by atoms with E-state index in [0.717, 1.165) is 34.4 Å². The van der Waals surface area contributed by atoms with Crippen LogP contribution in [0.5, 0.6) is 0 Å². The van der Waals surface area contributed by atoms with Crippen LogP contribution in [0.15, 0.2) is 48.5 Å². The second kappa shape index (κ2) is 9.29. The maximum Gasteiger partial charge on any atom is 0.268 e. The molecule has 1 saturated carbocycles. The van der Waals surface area contributed by atoms with Crippen LogP contribution in [-0.4, -0.2) is 33.2 Å². The summed E-state index contributed by atoms with van der Waals surface area (Å²) < 4.78 is 0. The highest BCUT2D eigenvalue weighted by molar-refractivity contribution is 6.10. The molecule has 2 aromatic heterocycles. The number of amides is 1. The van der Waals surface area contributed by atoms with Gasteiger partial charge in [-0.25, -0.2) is 4.98 Å². The minimum Gasteiger partial charge on any atom is -0.354 e. The van der Waals surface area contributed by atoms with Gasteiger partial charge in [0.2, 0.25) is 0 Å². The highest BCUT2D eigenvalue weighted by Gasteiger charge is 2.22. The Balaban J connectivity index is 1.39. The molecule has 0 unspecified atom stereocenters. The first kappa shape index (κ1) is 22.1. The summed E-state index contributed by atoms with van der Waals surface area (Å²) in [5.74, 6) is 1.18. The van der Waals surface area contributed by atoms with Gasteiger partial charge in [0, 0.05) is 28.9 Å². The van der Waals surface area contributed by atoms with Crippen LogP contribution in [0, 0.1) is 19.8 Å². The number of rotatable bonds is 6. The van der Waals surface area contributed by atoms with E-state index in [-0.39, 0.29) is 11.7 Å². The van der Waals surface area contributed by atoms with Gasteiger partial charge in [0.15, 0.2) is 5.78 Å². The van der Waals surface area contributed by atoms with Crippen molar-refractivity contribution in [1.29, 1.82) is 0 Å². The molecule has 6 heteroatoms. The number of hydrogen-bond acceptors (Lipinski definition) is 3. The lowest BCUT2D eigenvalue weighted by Gasteiger charge is -2.21. The Bertz CT molecular complexity index is 1340. The first-order valence-corrected chi connectivity index (χ1v) is 12.1. The Labute approximate surface area is 199 Å². The molecule has 0 aliphatic heterocycles. The number of imidazole rings is 1. The van der Waals surface area contributed by atoms with E-state index in [1.54, 1.807) is 0 Å². The predicted octanol–water partition coefficient (Wildman–Crippen LogP) is 5.72. The van der Waals surface area contributed by atoms with E-state index in [1.165, 1.54) is 32.1 Å². The van der Waals surface area contributed by atoms with Crippen LogP contribution >= 0.6 is 0 Å². The van der Waals surface area contributed by atoms with Crippen LogP contribution in [-0.2, 0) is 0 Å². The number of nitrogens with zero attached hydrogens (tertiary/aromatic N) is 1. The lowest BCUT2D eigenvalue weighted by molar-refractivity contribution is 0.0938. The number of carbonyl (C=O) groups excluding carboxylic acids is 2. The maximum absolute atomic E-state index is 12.9. The summed E-state index contributed by atoms with van der Waals surface area (Å²) >= 11 is 0. The standard InChI is InChI=1S/C28H30N4O2/c1-17-24(18(2)30-25(17)28(34)29-16-19-9-5-3-6-10-19)27-31-22-14-13-21(15-23(22)32-27)26(33)20-11-7-4-8-12-20/h4,7-8,11-15,19,30H,3,5-6,9-10,16H2,1-2H3,(H,29,34)(H,31,32). The summed E-state index contributed by atoms with van der Waals surface area (Å²) in [5, 5.41) is 3.13. The molecule has 34 heavy (non-hydrogen) atoms. The molecule has 0 radical (unpaired) electrons. The fourth-order valence-corrected chi connectivity index (χ4v) is 5.07. The smallest absolute Gasteiger partial charge is 0.268 e. The van der Waals surface area contributed by atoms with E-state index in [1.807, 2.05) is 62.4 Å². The average molecular weight is 455 g/mol. The van der Waals surface area contributed by atoms with Crippen LogP contribution in [0.1, 0.15) is 69.8 Å². The van der Waals surface area contributed by atoms with Crippen molar-refractivity contribution in [2.45, 2.75) is 46.0 Å². The summed E-state index contributed by atoms with van der Waals surface area (Å²) in [6.45, 7) is 4.64. The Kier molecular flexibility index (Phi) is 6.05. The van der Waals surface area contributed by atoms with Crippen LogP contribution in [0.3, 0.4) is 0 Å². The number of fused-ring (bicyclic) bond motifs is 1. The van der Waals surface area contributed by atoms with Gasteiger partial charge in [-0.15, -0.1) is 0 Å². The molecule has 4 aromatic rings. The number of aryl methyl sites for hydroxylation is 1. The van der Waals surface area contributed by atoms with Crippen molar-refractivity contribution in [2.75, 3.05) is 6.54 Å². The largest absolute Gasteiger partial charge is 0.354 e. The lowest BCUT2D eigenvalue weighted by atomic mass is 9.89. The SMILES string of the molecule is Cc1[nH]c(C(=O)NCC2CCCCC2)c(C)c1-c1nc2ccc(C(=O)c3ccccc3)cc2[nH]1. The quantitative estimate of drug-likeness (QED) is 0.326. The highest BCUT2D eigenvalue weighted by atomic mass is 16.2. The third kappa shape index (κ3) is 4.28. The Morgan fingerprint density at radius 3 is 2.50 bits per heavy atom. The van der Waals surface area contributed by atoms with Crippen molar-refractivity contribution in [3.05, 3.63) is 76.6 Å². The van der Waals surface area contributed by atoms with Gasteiger partial charge in [-0.2, -0.15) is 0 Å². The third-order valence-electron chi connectivity index (χ3n) is 6.96. The van der Waals surface area contributed by atoms with Crippen molar-refractivity contribution >= 4 is 22.7 Å². The molecule has 5 rings (SSSR count). The third-order valence-corrected chi connectivity index (χ3v) is 6.96. The van der Waals surface area contributed by atoms with E-state index in [0.29, 0.717) is 28.6 Å². The lowest BCUT2D eigenvalue weighted by Crippen LogP contribution is -2.30. The first-order valence-electron chi connectivity index (χ1n) is 12.1. The molecule has 1 amide bonds. The minimum absolute atomic E-state index is 0.0235. The molecule has 0 bridgehead atoms. The monoisotopic (exact) mass is 454 g/mol. The van der Waals surface area contributed by atoms with Gasteiger partial charge in [-0.05, 0) is 56.4 Å². The van der Waals surface area contributed by atoms with Crippen molar-refractivity contribution in [1.82, 2.24) is 20.3 Å². The van der Waals surface area contributed by atoms with Gasteiger partial charge in [0.25, 0.3) is 5.91 Å². The summed E-state index contributed by atoms with van der Waals surface area (Å²) in [4.78, 5) is 37.1. The number of ketones is 1. The second-order valence-electron chi connectivity index (χ2n) is 9.35. The number of aromatic amines is 2. The predicted molar refractivity (Wildman–Crippen MR) is 134 cm³/mol. The Hall–Kier alpha value is -3.67. The number of aromatic nitrogens is 3. The molecular weight excluding hydrogens is 424 g/mol. The van der Waals surface area contributed by atoms with Crippen LogP contribution in [0.4, 0.5) is 0 Å². The molecule has 0 saturated heterocycles. The van der Waals surface area contributed by atoms with E-state index < -0.39 is 0 Å². The molecule has 1 aliphatic rings. The normalized spacial score (nSPS) is 14.4. The zero-order valence-electron chi connectivity index (χ0n) is 19.7. The molecule has 2 heterocycles. The molecule has 3 N–H and O–H groups in total. The Morgan fingerprint density at radius 2 is 1.74 bits per heavy atom. The number of nitrogens with one attached hydrogen (secondary N) is 3. The van der Waals surface area contributed by atoms with Gasteiger partial charge in [0.1, 0.15) is 11.5 Å². The van der Waals surface area contributed by atoms with Crippen LogP contribution in [0.25, 0.3) is 22.4 Å². The minimum atomic E-state index is -0.0655. The zero-order valence-corrected chi connectivity index (χ0v) is 19.7. The molecule has 1 fully saturated rings. The van der Waals surface area contributed by atoms with Gasteiger partial charge in [-0.3, -0.25) is 9.59 Å². The average Bonchev–Trinajstić information content (AvgIpc) is 3.42. The van der Waals surface area contributed by atoms with Crippen molar-refractivity contribution in [2.24, 2.45) is 5.92 Å². The number of hydrogen-bond donors (Lipinski definition) is 3. The van der Waals surface area contributed by atoms with Gasteiger partial charge < -0.3 is 15.3 Å². The highest BCUT2D eigenvalue weighted by Crippen LogP contribution is 2.30. The molecule has 6 nitrogen and oxygen atoms in total. The fourth-order valence-electron chi connectivity index (χ4n) is 5.07. The summed E-state index contributed by atoms with van der Waals surface area (Å²) in [5.41, 5.74) is 6.09. The topological polar surface area (TPSA) is 90.6 Å². The van der Waals surface area contributed by atoms with Crippen molar-refractivity contribution in [3.63, 3.8) is 0 Å². The number of H-pyrrole nitrogens is 2. The zero-order chi connectivity index (χ0) is 23.7. The molecular formula is C28H30N4O2. The Morgan fingerprint density at radius 1 is 0.971 bits per heavy atom. The van der Waals surface area contributed by atoms with Gasteiger partial charge in [0.05, 0.1) is 11.0 Å². The van der Waals surface area contributed by atoms with E-state index in [9.17, 15) is 9.59 Å².